The lowest BCUT2D eigenvalue weighted by Gasteiger charge is -2.09. The first-order valence-electron chi connectivity index (χ1n) is 8.85. The molecule has 1 heterocycles. The smallest absolute Gasteiger partial charge is 0.410 e. The van der Waals surface area contributed by atoms with E-state index in [1.807, 2.05) is 55.5 Å². The van der Waals surface area contributed by atoms with E-state index in [0.717, 1.165) is 30.6 Å². The first-order chi connectivity index (χ1) is 12.7. The average molecular weight is 349 g/mol. The molecule has 1 amide bonds. The highest BCUT2D eigenvalue weighted by Gasteiger charge is 2.13. The largest absolute Gasteiger partial charge is 0.418 e. The minimum Gasteiger partial charge on any atom is -0.410 e. The van der Waals surface area contributed by atoms with Gasteiger partial charge in [0.1, 0.15) is 11.6 Å². The lowest BCUT2D eigenvalue weighted by molar-refractivity contribution is 0.215. The normalized spacial score (nSPS) is 10.5. The van der Waals surface area contributed by atoms with Gasteiger partial charge in [-0.3, -0.25) is 5.32 Å². The molecule has 2 aromatic carbocycles. The third kappa shape index (κ3) is 4.51. The predicted molar refractivity (Wildman–Crippen MR) is 103 cm³/mol. The van der Waals surface area contributed by atoms with Crippen molar-refractivity contribution in [1.82, 2.24) is 9.78 Å². The van der Waals surface area contributed by atoms with E-state index >= 15 is 0 Å². The number of aryl methyl sites for hydroxylation is 2. The van der Waals surface area contributed by atoms with Crippen LogP contribution >= 0.6 is 0 Å². The number of anilines is 1. The van der Waals surface area contributed by atoms with Gasteiger partial charge in [-0.15, -0.1) is 0 Å². The Morgan fingerprint density at radius 3 is 2.54 bits per heavy atom. The zero-order chi connectivity index (χ0) is 18.4. The molecule has 0 saturated carbocycles. The third-order valence-electron chi connectivity index (χ3n) is 4.01. The van der Waals surface area contributed by atoms with E-state index in [1.54, 1.807) is 16.8 Å². The molecule has 0 radical (unpaired) electrons. The van der Waals surface area contributed by atoms with Crippen molar-refractivity contribution in [3.05, 3.63) is 71.9 Å². The molecular weight excluding hydrogens is 326 g/mol. The van der Waals surface area contributed by atoms with Crippen LogP contribution in [0.3, 0.4) is 0 Å². The highest BCUT2D eigenvalue weighted by atomic mass is 16.6. The molecule has 0 spiro atoms. The van der Waals surface area contributed by atoms with E-state index in [-0.39, 0.29) is 0 Å². The van der Waals surface area contributed by atoms with Crippen molar-refractivity contribution >= 4 is 11.9 Å². The Hall–Kier alpha value is -3.08. The highest BCUT2D eigenvalue weighted by molar-refractivity contribution is 5.85. The summed E-state index contributed by atoms with van der Waals surface area (Å²) < 4.78 is 7.07. The van der Waals surface area contributed by atoms with Crippen molar-refractivity contribution in [3.8, 4) is 11.4 Å². The molecule has 0 saturated heterocycles. The standard InChI is InChI=1S/C21H23N3O2/c1-3-4-8-17-15-20(22-21(25)26-19-9-6-5-7-10-19)24(23-17)18-13-11-16(2)12-14-18/h5-7,9-15H,3-4,8H2,1-2H3,(H,22,25). The molecule has 26 heavy (non-hydrogen) atoms. The van der Waals surface area contributed by atoms with Crippen LogP contribution in [0.4, 0.5) is 10.6 Å². The number of aromatic nitrogens is 2. The van der Waals surface area contributed by atoms with Gasteiger partial charge >= 0.3 is 6.09 Å². The van der Waals surface area contributed by atoms with Crippen LogP contribution < -0.4 is 10.1 Å². The fraction of sp³-hybridized carbons (Fsp3) is 0.238. The fourth-order valence-electron chi connectivity index (χ4n) is 2.61. The molecule has 0 unspecified atom stereocenters. The Balaban J connectivity index is 1.82. The van der Waals surface area contributed by atoms with E-state index in [4.69, 9.17) is 4.74 Å². The monoisotopic (exact) mass is 349 g/mol. The van der Waals surface area contributed by atoms with Gasteiger partial charge in [0.05, 0.1) is 11.4 Å². The number of ether oxygens (including phenoxy) is 1. The molecule has 1 aromatic heterocycles. The first-order valence-corrected chi connectivity index (χ1v) is 8.85. The zero-order valence-corrected chi connectivity index (χ0v) is 15.1. The van der Waals surface area contributed by atoms with Gasteiger partial charge in [0.15, 0.2) is 0 Å². The molecule has 5 heteroatoms. The van der Waals surface area contributed by atoms with Gasteiger partial charge in [-0.1, -0.05) is 49.2 Å². The minimum atomic E-state index is -0.536. The number of para-hydroxylation sites is 1. The van der Waals surface area contributed by atoms with Crippen molar-refractivity contribution in [3.63, 3.8) is 0 Å². The second kappa shape index (κ2) is 8.34. The van der Waals surface area contributed by atoms with Crippen molar-refractivity contribution in [2.75, 3.05) is 5.32 Å². The first kappa shape index (κ1) is 17.7. The van der Waals surface area contributed by atoms with Crippen LogP contribution in [0.1, 0.15) is 31.0 Å². The molecule has 3 rings (SSSR count). The number of hydrogen-bond acceptors (Lipinski definition) is 3. The molecule has 0 aliphatic carbocycles. The summed E-state index contributed by atoms with van der Waals surface area (Å²) in [5.41, 5.74) is 3.01. The number of amides is 1. The summed E-state index contributed by atoms with van der Waals surface area (Å²) in [4.78, 5) is 12.3. The summed E-state index contributed by atoms with van der Waals surface area (Å²) in [6.07, 6.45) is 2.48. The maximum Gasteiger partial charge on any atom is 0.418 e. The topological polar surface area (TPSA) is 56.1 Å². The van der Waals surface area contributed by atoms with Crippen LogP contribution in [-0.4, -0.2) is 15.9 Å². The van der Waals surface area contributed by atoms with Crippen LogP contribution in [0.25, 0.3) is 5.69 Å². The van der Waals surface area contributed by atoms with Crippen molar-refractivity contribution in [2.24, 2.45) is 0 Å². The summed E-state index contributed by atoms with van der Waals surface area (Å²) in [6.45, 7) is 4.18. The molecule has 0 bridgehead atoms. The minimum absolute atomic E-state index is 0.498. The number of rotatable bonds is 6. The quantitative estimate of drug-likeness (QED) is 0.671. The van der Waals surface area contributed by atoms with Crippen LogP contribution in [0.2, 0.25) is 0 Å². The summed E-state index contributed by atoms with van der Waals surface area (Å²) in [5.74, 6) is 1.10. The molecule has 3 aromatic rings. The van der Waals surface area contributed by atoms with E-state index in [9.17, 15) is 4.79 Å². The zero-order valence-electron chi connectivity index (χ0n) is 15.1. The summed E-state index contributed by atoms with van der Waals surface area (Å²) in [6, 6.07) is 18.9. The Kier molecular flexibility index (Phi) is 5.69. The molecule has 0 aliphatic rings. The summed E-state index contributed by atoms with van der Waals surface area (Å²) >= 11 is 0. The number of unbranched alkanes of at least 4 members (excludes halogenated alkanes) is 1. The van der Waals surface area contributed by atoms with Gasteiger partial charge in [0.2, 0.25) is 0 Å². The number of benzene rings is 2. The van der Waals surface area contributed by atoms with Crippen LogP contribution in [-0.2, 0) is 6.42 Å². The molecule has 5 nitrogen and oxygen atoms in total. The summed E-state index contributed by atoms with van der Waals surface area (Å²) in [7, 11) is 0. The van der Waals surface area contributed by atoms with E-state index < -0.39 is 6.09 Å². The molecular formula is C21H23N3O2. The molecule has 0 aliphatic heterocycles. The Bertz CT molecular complexity index is 855. The number of carbonyl (C=O) groups is 1. The lowest BCUT2D eigenvalue weighted by atomic mass is 10.2. The van der Waals surface area contributed by atoms with Crippen molar-refractivity contribution in [1.29, 1.82) is 0 Å². The van der Waals surface area contributed by atoms with Gasteiger partial charge < -0.3 is 4.74 Å². The molecule has 0 atom stereocenters. The van der Waals surface area contributed by atoms with Gasteiger partial charge in [0, 0.05) is 6.07 Å². The maximum atomic E-state index is 12.3. The Morgan fingerprint density at radius 1 is 1.12 bits per heavy atom. The molecule has 0 fully saturated rings. The number of nitrogens with zero attached hydrogens (tertiary/aromatic N) is 2. The second-order valence-corrected chi connectivity index (χ2v) is 6.20. The van der Waals surface area contributed by atoms with Gasteiger partial charge in [-0.05, 0) is 44.0 Å². The van der Waals surface area contributed by atoms with Gasteiger partial charge in [0.25, 0.3) is 0 Å². The molecule has 1 N–H and O–H groups in total. The number of carbonyl (C=O) groups excluding carboxylic acids is 1. The Labute approximate surface area is 153 Å². The number of hydrogen-bond donors (Lipinski definition) is 1. The predicted octanol–water partition coefficient (Wildman–Crippen LogP) is 5.13. The third-order valence-corrected chi connectivity index (χ3v) is 4.01. The van der Waals surface area contributed by atoms with E-state index in [0.29, 0.717) is 11.6 Å². The average Bonchev–Trinajstić information content (AvgIpc) is 3.04. The van der Waals surface area contributed by atoms with Crippen LogP contribution in [0.15, 0.2) is 60.7 Å². The lowest BCUT2D eigenvalue weighted by Crippen LogP contribution is -2.19. The van der Waals surface area contributed by atoms with Crippen LogP contribution in [0.5, 0.6) is 5.75 Å². The fourth-order valence-corrected chi connectivity index (χ4v) is 2.61. The van der Waals surface area contributed by atoms with Gasteiger partial charge in [-0.25, -0.2) is 9.48 Å². The molecule has 134 valence electrons. The Morgan fingerprint density at radius 2 is 1.85 bits per heavy atom. The van der Waals surface area contributed by atoms with Crippen LogP contribution in [0, 0.1) is 6.92 Å². The van der Waals surface area contributed by atoms with Crippen molar-refractivity contribution in [2.45, 2.75) is 33.1 Å². The van der Waals surface area contributed by atoms with E-state index in [1.165, 1.54) is 5.56 Å². The highest BCUT2D eigenvalue weighted by Crippen LogP contribution is 2.20. The summed E-state index contributed by atoms with van der Waals surface area (Å²) in [5, 5.41) is 7.46. The second-order valence-electron chi connectivity index (χ2n) is 6.20. The van der Waals surface area contributed by atoms with E-state index in [2.05, 4.69) is 17.3 Å². The van der Waals surface area contributed by atoms with Crippen molar-refractivity contribution < 1.29 is 9.53 Å². The SMILES string of the molecule is CCCCc1cc(NC(=O)Oc2ccccc2)n(-c2ccc(C)cc2)n1. The maximum absolute atomic E-state index is 12.3. The number of nitrogens with one attached hydrogen (secondary N) is 1. The van der Waals surface area contributed by atoms with Gasteiger partial charge in [-0.2, -0.15) is 5.10 Å².